The molecular weight excluding hydrogens is 258 g/mol. The summed E-state index contributed by atoms with van der Waals surface area (Å²) in [4.78, 5) is 6.65. The van der Waals surface area contributed by atoms with E-state index < -0.39 is 0 Å². The van der Waals surface area contributed by atoms with Gasteiger partial charge in [-0.05, 0) is 38.6 Å². The number of aromatic nitrogens is 2. The zero-order chi connectivity index (χ0) is 14.4. The molecule has 1 aliphatic carbocycles. The van der Waals surface area contributed by atoms with Crippen molar-refractivity contribution in [2.24, 2.45) is 5.92 Å². The Morgan fingerprint density at radius 2 is 2.10 bits per heavy atom. The number of aliphatic hydroxyl groups excluding tert-OH is 1. The van der Waals surface area contributed by atoms with Crippen LogP contribution in [0.25, 0.3) is 0 Å². The molecule has 2 rings (SSSR count). The highest BCUT2D eigenvalue weighted by Gasteiger charge is 2.24. The Kier molecular flexibility index (Phi) is 5.94. The summed E-state index contributed by atoms with van der Waals surface area (Å²) < 4.78 is 10.3. The fourth-order valence-electron chi connectivity index (χ4n) is 2.76. The van der Waals surface area contributed by atoms with E-state index >= 15 is 0 Å². The molecule has 1 heterocycles. The monoisotopic (exact) mass is 283 g/mol. The fraction of sp³-hybridized carbons (Fsp3) is 0.857. The second kappa shape index (κ2) is 7.71. The van der Waals surface area contributed by atoms with Crippen molar-refractivity contribution < 1.29 is 14.4 Å². The van der Waals surface area contributed by atoms with Crippen LogP contribution >= 0.6 is 0 Å². The van der Waals surface area contributed by atoms with Gasteiger partial charge in [-0.3, -0.25) is 4.90 Å². The second-order valence-corrected chi connectivity index (χ2v) is 5.62. The van der Waals surface area contributed by atoms with Crippen LogP contribution in [0.15, 0.2) is 4.52 Å². The highest BCUT2D eigenvalue weighted by atomic mass is 16.5. The first-order chi connectivity index (χ1) is 9.72. The Bertz CT molecular complexity index is 389. The van der Waals surface area contributed by atoms with Crippen molar-refractivity contribution in [2.75, 3.05) is 27.4 Å². The highest BCUT2D eigenvalue weighted by Crippen LogP contribution is 2.27. The number of rotatable bonds is 7. The van der Waals surface area contributed by atoms with Crippen LogP contribution in [0.5, 0.6) is 0 Å². The quantitative estimate of drug-likeness (QED) is 0.812. The maximum Gasteiger partial charge on any atom is 0.240 e. The minimum Gasteiger partial charge on any atom is -0.396 e. The number of aliphatic hydroxyl groups is 1. The van der Waals surface area contributed by atoms with E-state index in [1.54, 1.807) is 7.11 Å². The summed E-state index contributed by atoms with van der Waals surface area (Å²) in [6.07, 6.45) is 5.16. The van der Waals surface area contributed by atoms with Crippen molar-refractivity contribution >= 4 is 0 Å². The summed E-state index contributed by atoms with van der Waals surface area (Å²) in [6, 6.07) is 0.548. The summed E-state index contributed by atoms with van der Waals surface area (Å²) in [6.45, 7) is 1.62. The molecule has 0 spiro atoms. The topological polar surface area (TPSA) is 71.6 Å². The van der Waals surface area contributed by atoms with E-state index in [1.165, 1.54) is 0 Å². The lowest BCUT2D eigenvalue weighted by Gasteiger charge is -2.33. The third-order valence-electron chi connectivity index (χ3n) is 4.12. The molecule has 0 atom stereocenters. The SMILES string of the molecule is COCCc1noc(CN(C)C2CCC(CO)CC2)n1. The van der Waals surface area contributed by atoms with Gasteiger partial charge >= 0.3 is 0 Å². The number of hydrogen-bond acceptors (Lipinski definition) is 6. The summed E-state index contributed by atoms with van der Waals surface area (Å²) >= 11 is 0. The molecule has 20 heavy (non-hydrogen) atoms. The van der Waals surface area contributed by atoms with Gasteiger partial charge < -0.3 is 14.4 Å². The number of methoxy groups -OCH3 is 1. The molecule has 0 radical (unpaired) electrons. The van der Waals surface area contributed by atoms with Crippen molar-refractivity contribution in [1.29, 1.82) is 0 Å². The van der Waals surface area contributed by atoms with Crippen molar-refractivity contribution in [1.82, 2.24) is 15.0 Å². The molecule has 0 aliphatic heterocycles. The molecular formula is C14H25N3O3. The van der Waals surface area contributed by atoms with Gasteiger partial charge in [0.1, 0.15) is 0 Å². The van der Waals surface area contributed by atoms with Crippen LogP contribution in [0.1, 0.15) is 37.4 Å². The lowest BCUT2D eigenvalue weighted by atomic mass is 9.86. The first-order valence-corrected chi connectivity index (χ1v) is 7.34. The zero-order valence-electron chi connectivity index (χ0n) is 12.4. The smallest absolute Gasteiger partial charge is 0.240 e. The Labute approximate surface area is 120 Å². The maximum atomic E-state index is 9.17. The predicted molar refractivity (Wildman–Crippen MR) is 74.2 cm³/mol. The minimum atomic E-state index is 0.322. The van der Waals surface area contributed by atoms with Gasteiger partial charge in [0.05, 0.1) is 13.2 Å². The van der Waals surface area contributed by atoms with E-state index in [-0.39, 0.29) is 0 Å². The summed E-state index contributed by atoms with van der Waals surface area (Å²) in [5.41, 5.74) is 0. The second-order valence-electron chi connectivity index (χ2n) is 5.62. The molecule has 1 saturated carbocycles. The van der Waals surface area contributed by atoms with Crippen LogP contribution < -0.4 is 0 Å². The van der Waals surface area contributed by atoms with Crippen molar-refractivity contribution in [3.05, 3.63) is 11.7 Å². The summed E-state index contributed by atoms with van der Waals surface area (Å²) in [5, 5.41) is 13.1. The number of hydrogen-bond donors (Lipinski definition) is 1. The van der Waals surface area contributed by atoms with Gasteiger partial charge in [-0.1, -0.05) is 5.16 Å². The first-order valence-electron chi connectivity index (χ1n) is 7.34. The van der Waals surface area contributed by atoms with Crippen LogP contribution in [0, 0.1) is 5.92 Å². The van der Waals surface area contributed by atoms with Gasteiger partial charge in [-0.25, -0.2) is 0 Å². The largest absolute Gasteiger partial charge is 0.396 e. The van der Waals surface area contributed by atoms with E-state index in [4.69, 9.17) is 14.4 Å². The normalized spacial score (nSPS) is 23.4. The van der Waals surface area contributed by atoms with Crippen molar-refractivity contribution in [3.63, 3.8) is 0 Å². The number of nitrogens with zero attached hydrogens (tertiary/aromatic N) is 3. The standard InChI is InChI=1S/C14H25N3O3/c1-17(12-5-3-11(10-18)4-6-12)9-14-15-13(16-20-14)7-8-19-2/h11-12,18H,3-10H2,1-2H3. The van der Waals surface area contributed by atoms with E-state index in [1.807, 2.05) is 0 Å². The van der Waals surface area contributed by atoms with E-state index in [0.29, 0.717) is 49.9 Å². The molecule has 1 fully saturated rings. The van der Waals surface area contributed by atoms with E-state index in [0.717, 1.165) is 25.7 Å². The third kappa shape index (κ3) is 4.26. The molecule has 1 aliphatic rings. The van der Waals surface area contributed by atoms with Gasteiger partial charge in [-0.15, -0.1) is 0 Å². The molecule has 6 nitrogen and oxygen atoms in total. The first kappa shape index (κ1) is 15.4. The lowest BCUT2D eigenvalue weighted by Crippen LogP contribution is -2.35. The maximum absolute atomic E-state index is 9.17. The summed E-state index contributed by atoms with van der Waals surface area (Å²) in [5.74, 6) is 1.87. The molecule has 1 aromatic rings. The fourth-order valence-corrected chi connectivity index (χ4v) is 2.76. The molecule has 1 N–H and O–H groups in total. The molecule has 1 aromatic heterocycles. The molecule has 0 unspecified atom stereocenters. The molecule has 6 heteroatoms. The summed E-state index contributed by atoms with van der Waals surface area (Å²) in [7, 11) is 3.76. The molecule has 114 valence electrons. The average molecular weight is 283 g/mol. The average Bonchev–Trinajstić information content (AvgIpc) is 2.92. The Morgan fingerprint density at radius 1 is 1.35 bits per heavy atom. The van der Waals surface area contributed by atoms with E-state index in [9.17, 15) is 0 Å². The predicted octanol–water partition coefficient (Wildman–Crippen LogP) is 1.24. The minimum absolute atomic E-state index is 0.322. The van der Waals surface area contributed by atoms with Crippen molar-refractivity contribution in [2.45, 2.75) is 44.7 Å². The highest BCUT2D eigenvalue weighted by molar-refractivity contribution is 4.88. The van der Waals surface area contributed by atoms with Crippen LogP contribution in [0.3, 0.4) is 0 Å². The van der Waals surface area contributed by atoms with Gasteiger partial charge in [-0.2, -0.15) is 4.98 Å². The van der Waals surface area contributed by atoms with Gasteiger partial charge in [0, 0.05) is 26.2 Å². The lowest BCUT2D eigenvalue weighted by molar-refractivity contribution is 0.116. The van der Waals surface area contributed by atoms with Crippen LogP contribution in [0.4, 0.5) is 0 Å². The number of ether oxygens (including phenoxy) is 1. The van der Waals surface area contributed by atoms with Crippen LogP contribution in [-0.2, 0) is 17.7 Å². The van der Waals surface area contributed by atoms with Gasteiger partial charge in [0.15, 0.2) is 5.82 Å². The zero-order valence-corrected chi connectivity index (χ0v) is 12.4. The molecule has 0 bridgehead atoms. The van der Waals surface area contributed by atoms with Gasteiger partial charge in [0.2, 0.25) is 5.89 Å². The third-order valence-corrected chi connectivity index (χ3v) is 4.12. The Hall–Kier alpha value is -0.980. The molecule has 0 aromatic carbocycles. The Morgan fingerprint density at radius 3 is 2.75 bits per heavy atom. The molecule has 0 amide bonds. The van der Waals surface area contributed by atoms with Crippen LogP contribution in [-0.4, -0.2) is 53.6 Å². The molecule has 0 saturated heterocycles. The van der Waals surface area contributed by atoms with Crippen molar-refractivity contribution in [3.8, 4) is 0 Å². The van der Waals surface area contributed by atoms with E-state index in [2.05, 4.69) is 22.1 Å². The van der Waals surface area contributed by atoms with Crippen LogP contribution in [0.2, 0.25) is 0 Å². The Balaban J connectivity index is 1.79. The van der Waals surface area contributed by atoms with Gasteiger partial charge in [0.25, 0.3) is 0 Å².